The quantitative estimate of drug-likeness (QED) is 0.161. The lowest BCUT2D eigenvalue weighted by Crippen LogP contribution is -2.39. The lowest BCUT2D eigenvalue weighted by atomic mass is 9.97. The van der Waals surface area contributed by atoms with Gasteiger partial charge in [-0.25, -0.2) is 9.79 Å². The van der Waals surface area contributed by atoms with Gasteiger partial charge in [0, 0.05) is 16.8 Å². The topological polar surface area (TPSA) is 88.4 Å². The van der Waals surface area contributed by atoms with Crippen LogP contribution in [0.4, 0.5) is 0 Å². The average molecular weight is 753 g/mol. The second-order valence-electron chi connectivity index (χ2n) is 9.59. The molecule has 0 bridgehead atoms. The van der Waals surface area contributed by atoms with Crippen molar-refractivity contribution in [3.05, 3.63) is 116 Å². The Bertz CT molecular complexity index is 1990. The third-order valence-corrected chi connectivity index (χ3v) is 9.24. The molecular weight excluding hydrogens is 727 g/mol. The van der Waals surface area contributed by atoms with Gasteiger partial charge in [0.05, 0.1) is 51.0 Å². The van der Waals surface area contributed by atoms with Gasteiger partial charge in [0.1, 0.15) is 12.4 Å². The summed E-state index contributed by atoms with van der Waals surface area (Å²) >= 11 is 23.4. The molecule has 234 valence electrons. The summed E-state index contributed by atoms with van der Waals surface area (Å²) in [6.45, 7) is 4.77. The molecule has 1 atom stereocenters. The molecule has 0 amide bonds. The molecule has 13 heteroatoms. The van der Waals surface area contributed by atoms with E-state index in [0.717, 1.165) is 5.56 Å². The molecule has 0 saturated heterocycles. The highest BCUT2D eigenvalue weighted by Crippen LogP contribution is 2.36. The molecule has 3 aromatic carbocycles. The first-order chi connectivity index (χ1) is 21.6. The van der Waals surface area contributed by atoms with Crippen molar-refractivity contribution < 1.29 is 23.7 Å². The molecular formula is C32H26BrCl3N2O6S. The number of carbonyl (C=O) groups is 1. The summed E-state index contributed by atoms with van der Waals surface area (Å²) in [5.41, 5.74) is 1.81. The number of methoxy groups -OCH3 is 1. The number of thiazole rings is 1. The lowest BCUT2D eigenvalue weighted by molar-refractivity contribution is -0.136. The molecule has 45 heavy (non-hydrogen) atoms. The number of fused-ring (bicyclic) bond motifs is 1. The zero-order chi connectivity index (χ0) is 32.2. The molecule has 4 aromatic rings. The molecule has 0 N–H and O–H groups in total. The molecule has 8 nitrogen and oxygen atoms in total. The number of hydrogen-bond acceptors (Lipinski definition) is 8. The van der Waals surface area contributed by atoms with Crippen LogP contribution in [0.5, 0.6) is 17.2 Å². The van der Waals surface area contributed by atoms with Crippen molar-refractivity contribution in [1.29, 1.82) is 0 Å². The maximum Gasteiger partial charge on any atom is 0.337 e. The fourth-order valence-electron chi connectivity index (χ4n) is 4.75. The predicted molar refractivity (Wildman–Crippen MR) is 180 cm³/mol. The molecule has 5 rings (SSSR count). The number of carbonyl (C=O) groups excluding carboxylic acids is 1. The molecule has 1 aliphatic heterocycles. The highest BCUT2D eigenvalue weighted by atomic mass is 79.9. The largest absolute Gasteiger partial charge is 0.490 e. The van der Waals surface area contributed by atoms with Crippen LogP contribution >= 0.6 is 62.1 Å². The maximum atomic E-state index is 14.1. The van der Waals surface area contributed by atoms with Gasteiger partial charge < -0.3 is 18.9 Å². The van der Waals surface area contributed by atoms with Crippen molar-refractivity contribution in [2.75, 3.05) is 20.3 Å². The van der Waals surface area contributed by atoms with E-state index in [1.54, 1.807) is 48.5 Å². The summed E-state index contributed by atoms with van der Waals surface area (Å²) in [5.74, 6) is 0.907. The van der Waals surface area contributed by atoms with E-state index in [1.807, 2.05) is 19.9 Å². The van der Waals surface area contributed by atoms with Crippen molar-refractivity contribution >= 4 is 74.1 Å². The van der Waals surface area contributed by atoms with Crippen molar-refractivity contribution in [1.82, 2.24) is 4.57 Å². The van der Waals surface area contributed by atoms with Crippen molar-refractivity contribution in [3.8, 4) is 17.2 Å². The Kier molecular flexibility index (Phi) is 10.6. The number of esters is 1. The highest BCUT2D eigenvalue weighted by Gasteiger charge is 2.31. The first-order valence-electron chi connectivity index (χ1n) is 13.7. The van der Waals surface area contributed by atoms with Crippen molar-refractivity contribution in [2.45, 2.75) is 26.5 Å². The van der Waals surface area contributed by atoms with E-state index < -0.39 is 12.0 Å². The van der Waals surface area contributed by atoms with Crippen LogP contribution in [-0.4, -0.2) is 30.9 Å². The van der Waals surface area contributed by atoms with Gasteiger partial charge in [0.15, 0.2) is 16.3 Å². The Morgan fingerprint density at radius 3 is 2.47 bits per heavy atom. The maximum absolute atomic E-state index is 14.1. The van der Waals surface area contributed by atoms with Crippen LogP contribution in [0.3, 0.4) is 0 Å². The summed E-state index contributed by atoms with van der Waals surface area (Å²) in [7, 11) is 1.28. The van der Waals surface area contributed by atoms with E-state index in [1.165, 1.54) is 29.2 Å². The van der Waals surface area contributed by atoms with Gasteiger partial charge in [0.25, 0.3) is 5.56 Å². The van der Waals surface area contributed by atoms with Crippen LogP contribution in [0.2, 0.25) is 15.1 Å². The van der Waals surface area contributed by atoms with Gasteiger partial charge in [-0.3, -0.25) is 9.36 Å². The lowest BCUT2D eigenvalue weighted by Gasteiger charge is -2.23. The third kappa shape index (κ3) is 7.10. The molecule has 1 aromatic heterocycles. The Labute approximate surface area is 286 Å². The van der Waals surface area contributed by atoms with Crippen LogP contribution < -0.4 is 29.1 Å². The Balaban J connectivity index is 1.62. The second kappa shape index (κ2) is 14.4. The molecule has 0 unspecified atom stereocenters. The summed E-state index contributed by atoms with van der Waals surface area (Å²) < 4.78 is 25.2. The molecule has 0 radical (unpaired) electrons. The standard InChI is InChI=1S/C32H26BrCl3N2O6S/c1-4-42-25-9-7-18(12-26(25)43-5-2)28-21(31(40)41-3)15-37-32-38(28)30(39)27(45-32)13-19-11-20(34)14-22(33)29(19)44-16-17-6-8-23(35)24(36)10-17/h6-15,28H,4-5,16H2,1-3H3/b27-13+/t28-/m0/s1. The Hall–Kier alpha value is -3.28. The van der Waals surface area contributed by atoms with E-state index in [9.17, 15) is 9.59 Å². The molecule has 0 fully saturated rings. The normalized spacial score (nSPS) is 14.3. The average Bonchev–Trinajstić information content (AvgIpc) is 3.33. The van der Waals surface area contributed by atoms with E-state index in [0.29, 0.717) is 70.5 Å². The van der Waals surface area contributed by atoms with Gasteiger partial charge in [-0.05, 0) is 83.4 Å². The van der Waals surface area contributed by atoms with Gasteiger partial charge in [-0.1, -0.05) is 58.3 Å². The van der Waals surface area contributed by atoms with E-state index >= 15 is 0 Å². The van der Waals surface area contributed by atoms with E-state index in [2.05, 4.69) is 20.9 Å². The van der Waals surface area contributed by atoms with Crippen molar-refractivity contribution in [2.24, 2.45) is 4.99 Å². The number of aromatic nitrogens is 1. The monoisotopic (exact) mass is 750 g/mol. The van der Waals surface area contributed by atoms with Crippen LogP contribution in [0.25, 0.3) is 6.08 Å². The summed E-state index contributed by atoms with van der Waals surface area (Å²) in [6.07, 6.45) is 3.12. The number of halogens is 4. The minimum atomic E-state index is -0.831. The molecule has 1 aliphatic rings. The zero-order valence-corrected chi connectivity index (χ0v) is 28.9. The third-order valence-electron chi connectivity index (χ3n) is 6.70. The Morgan fingerprint density at radius 1 is 1.00 bits per heavy atom. The second-order valence-corrected chi connectivity index (χ2v) is 12.7. The molecule has 2 heterocycles. The molecule has 0 aliphatic carbocycles. The number of nitrogens with zero attached hydrogens (tertiary/aromatic N) is 2. The van der Waals surface area contributed by atoms with Gasteiger partial charge in [-0.2, -0.15) is 0 Å². The first-order valence-corrected chi connectivity index (χ1v) is 16.4. The fraction of sp³-hybridized carbons (Fsp3) is 0.219. The highest BCUT2D eigenvalue weighted by molar-refractivity contribution is 9.10. The van der Waals surface area contributed by atoms with Gasteiger partial charge in [0.2, 0.25) is 0 Å². The van der Waals surface area contributed by atoms with Gasteiger partial charge >= 0.3 is 5.97 Å². The van der Waals surface area contributed by atoms with Crippen molar-refractivity contribution in [3.63, 3.8) is 0 Å². The number of hydrogen-bond donors (Lipinski definition) is 0. The van der Waals surface area contributed by atoms with Gasteiger partial charge in [-0.15, -0.1) is 0 Å². The smallest absolute Gasteiger partial charge is 0.337 e. The molecule has 0 spiro atoms. The summed E-state index contributed by atoms with van der Waals surface area (Å²) in [6, 6.07) is 13.1. The fourth-order valence-corrected chi connectivity index (χ4v) is 6.98. The van der Waals surface area contributed by atoms with Crippen LogP contribution in [-0.2, 0) is 16.1 Å². The van der Waals surface area contributed by atoms with E-state index in [-0.39, 0.29) is 17.7 Å². The number of rotatable bonds is 10. The van der Waals surface area contributed by atoms with E-state index in [4.69, 9.17) is 53.8 Å². The molecule has 0 saturated carbocycles. The minimum absolute atomic E-state index is 0.182. The number of benzene rings is 3. The zero-order valence-electron chi connectivity index (χ0n) is 24.2. The summed E-state index contributed by atoms with van der Waals surface area (Å²) in [4.78, 5) is 31.9. The Morgan fingerprint density at radius 2 is 1.76 bits per heavy atom. The predicted octanol–water partition coefficient (Wildman–Crippen LogP) is 7.12. The first kappa shape index (κ1) is 33.1. The number of ether oxygens (including phenoxy) is 4. The summed E-state index contributed by atoms with van der Waals surface area (Å²) in [5, 5.41) is 1.29. The SMILES string of the molecule is CCOc1ccc([C@H]2C(C(=O)OC)=CN=c3s/c(=C/c4cc(Cl)cc(Br)c4OCc4ccc(Cl)c(Cl)c4)c(=O)n32)cc1OCC. The van der Waals surface area contributed by atoms with Crippen LogP contribution in [0.1, 0.15) is 36.6 Å². The van der Waals surface area contributed by atoms with Crippen LogP contribution in [0, 0.1) is 0 Å². The van der Waals surface area contributed by atoms with Crippen LogP contribution in [0.15, 0.2) is 74.6 Å². The minimum Gasteiger partial charge on any atom is -0.490 e.